The molecule has 0 aliphatic heterocycles. The van der Waals surface area contributed by atoms with Gasteiger partial charge in [-0.2, -0.15) is 0 Å². The van der Waals surface area contributed by atoms with Crippen LogP contribution >= 0.6 is 0 Å². The van der Waals surface area contributed by atoms with Crippen LogP contribution in [0.4, 0.5) is 9.18 Å². The third kappa shape index (κ3) is 4.98. The lowest BCUT2D eigenvalue weighted by molar-refractivity contribution is 0.0527. The fourth-order valence-electron chi connectivity index (χ4n) is 2.67. The van der Waals surface area contributed by atoms with E-state index in [9.17, 15) is 9.18 Å². The number of nitrogens with one attached hydrogen (secondary N) is 2. The van der Waals surface area contributed by atoms with Crippen LogP contribution in [0.25, 0.3) is 0 Å². The zero-order chi connectivity index (χ0) is 16.2. The fraction of sp³-hybridized carbons (Fsp3) is 0.588. The molecule has 4 nitrogen and oxygen atoms in total. The van der Waals surface area contributed by atoms with Crippen LogP contribution in [0.3, 0.4) is 0 Å². The van der Waals surface area contributed by atoms with E-state index in [1.165, 1.54) is 11.6 Å². The van der Waals surface area contributed by atoms with Gasteiger partial charge >= 0.3 is 6.09 Å². The number of carbonyl (C=O) groups is 1. The third-order valence-electron chi connectivity index (χ3n) is 3.60. The van der Waals surface area contributed by atoms with E-state index >= 15 is 0 Å². The third-order valence-corrected chi connectivity index (χ3v) is 3.60. The summed E-state index contributed by atoms with van der Waals surface area (Å²) in [6.45, 7) is 6.90. The highest BCUT2D eigenvalue weighted by Gasteiger charge is 2.22. The number of rotatable bonds is 5. The van der Waals surface area contributed by atoms with Gasteiger partial charge in [0.25, 0.3) is 0 Å². The molecule has 122 valence electrons. The first-order valence-electron chi connectivity index (χ1n) is 7.84. The van der Waals surface area contributed by atoms with Crippen molar-refractivity contribution in [1.82, 2.24) is 10.6 Å². The van der Waals surface area contributed by atoms with Crippen LogP contribution in [-0.2, 0) is 11.2 Å². The largest absolute Gasteiger partial charge is 0.444 e. The minimum atomic E-state index is -0.467. The number of benzene rings is 1. The molecule has 5 heteroatoms. The van der Waals surface area contributed by atoms with Gasteiger partial charge in [0.05, 0.1) is 0 Å². The molecule has 0 spiro atoms. The standard InChI is InChI=1S/C17H25FN2O2/c1-17(2,3)22-16(21)20-10-4-9-19-15-8-5-12-11-13(18)6-7-14(12)15/h6-7,11,15,19H,4-5,8-10H2,1-3H3,(H,20,21). The number of hydrogen-bond acceptors (Lipinski definition) is 3. The summed E-state index contributed by atoms with van der Waals surface area (Å²) in [4.78, 5) is 11.5. The Kier molecular flexibility index (Phi) is 5.40. The first-order chi connectivity index (χ1) is 10.3. The molecule has 0 saturated carbocycles. The number of alkyl carbamates (subject to hydrolysis) is 1. The molecule has 0 radical (unpaired) electrons. The van der Waals surface area contributed by atoms with Crippen LogP contribution in [0.5, 0.6) is 0 Å². The first-order valence-corrected chi connectivity index (χ1v) is 7.84. The van der Waals surface area contributed by atoms with E-state index in [1.54, 1.807) is 6.07 Å². The van der Waals surface area contributed by atoms with E-state index in [4.69, 9.17) is 4.74 Å². The van der Waals surface area contributed by atoms with Crippen LogP contribution in [0.15, 0.2) is 18.2 Å². The second-order valence-electron chi connectivity index (χ2n) is 6.67. The predicted molar refractivity (Wildman–Crippen MR) is 84.3 cm³/mol. The summed E-state index contributed by atoms with van der Waals surface area (Å²) in [5.74, 6) is -0.166. The van der Waals surface area contributed by atoms with Crippen molar-refractivity contribution in [3.63, 3.8) is 0 Å². The molecule has 1 atom stereocenters. The number of fused-ring (bicyclic) bond motifs is 1. The Bertz CT molecular complexity index is 526. The molecule has 0 fully saturated rings. The van der Waals surface area contributed by atoms with Gasteiger partial charge in [-0.05, 0) is 69.8 Å². The summed E-state index contributed by atoms with van der Waals surface area (Å²) in [5.41, 5.74) is 1.83. The summed E-state index contributed by atoms with van der Waals surface area (Å²) >= 11 is 0. The second-order valence-corrected chi connectivity index (χ2v) is 6.67. The maximum Gasteiger partial charge on any atom is 0.407 e. The quantitative estimate of drug-likeness (QED) is 0.821. The highest BCUT2D eigenvalue weighted by molar-refractivity contribution is 5.67. The summed E-state index contributed by atoms with van der Waals surface area (Å²) in [6, 6.07) is 5.30. The maximum atomic E-state index is 13.2. The Labute approximate surface area is 131 Å². The molecule has 1 aromatic carbocycles. The number of aryl methyl sites for hydroxylation is 1. The average molecular weight is 308 g/mol. The van der Waals surface area contributed by atoms with Gasteiger partial charge in [-0.3, -0.25) is 0 Å². The van der Waals surface area contributed by atoms with E-state index in [0.717, 1.165) is 31.4 Å². The minimum absolute atomic E-state index is 0.166. The van der Waals surface area contributed by atoms with Crippen molar-refractivity contribution in [1.29, 1.82) is 0 Å². The van der Waals surface area contributed by atoms with E-state index in [-0.39, 0.29) is 18.0 Å². The molecule has 2 rings (SSSR count). The van der Waals surface area contributed by atoms with Crippen LogP contribution in [-0.4, -0.2) is 24.8 Å². The predicted octanol–water partition coefficient (Wildman–Crippen LogP) is 3.32. The molecule has 0 heterocycles. The number of ether oxygens (including phenoxy) is 1. The van der Waals surface area contributed by atoms with Gasteiger partial charge in [0.1, 0.15) is 11.4 Å². The zero-order valence-electron chi connectivity index (χ0n) is 13.5. The SMILES string of the molecule is CC(C)(C)OC(=O)NCCCNC1CCc2cc(F)ccc21. The molecule has 2 N–H and O–H groups in total. The van der Waals surface area contributed by atoms with Crippen molar-refractivity contribution in [2.45, 2.75) is 51.7 Å². The van der Waals surface area contributed by atoms with Crippen LogP contribution in [0, 0.1) is 5.82 Å². The van der Waals surface area contributed by atoms with Gasteiger partial charge in [0.2, 0.25) is 0 Å². The minimum Gasteiger partial charge on any atom is -0.444 e. The van der Waals surface area contributed by atoms with Gasteiger partial charge in [0, 0.05) is 12.6 Å². The highest BCUT2D eigenvalue weighted by atomic mass is 19.1. The van der Waals surface area contributed by atoms with Gasteiger partial charge < -0.3 is 15.4 Å². The zero-order valence-corrected chi connectivity index (χ0v) is 13.5. The molecule has 0 saturated heterocycles. The Balaban J connectivity index is 1.66. The van der Waals surface area contributed by atoms with Crippen molar-refractivity contribution in [3.05, 3.63) is 35.1 Å². The molecular weight excluding hydrogens is 283 g/mol. The lowest BCUT2D eigenvalue weighted by Gasteiger charge is -2.20. The van der Waals surface area contributed by atoms with Crippen molar-refractivity contribution < 1.29 is 13.9 Å². The maximum absolute atomic E-state index is 13.2. The Morgan fingerprint density at radius 2 is 2.14 bits per heavy atom. The van der Waals surface area contributed by atoms with Gasteiger partial charge in [-0.15, -0.1) is 0 Å². The number of hydrogen-bond donors (Lipinski definition) is 2. The van der Waals surface area contributed by atoms with Crippen LogP contribution in [0.1, 0.15) is 50.8 Å². The Morgan fingerprint density at radius 3 is 2.86 bits per heavy atom. The lowest BCUT2D eigenvalue weighted by Crippen LogP contribution is -2.34. The van der Waals surface area contributed by atoms with E-state index < -0.39 is 5.60 Å². The van der Waals surface area contributed by atoms with Crippen molar-refractivity contribution in [2.24, 2.45) is 0 Å². The van der Waals surface area contributed by atoms with Gasteiger partial charge in [0.15, 0.2) is 0 Å². The molecule has 1 unspecified atom stereocenters. The molecule has 0 aromatic heterocycles. The number of carbonyl (C=O) groups excluding carboxylic acids is 1. The van der Waals surface area contributed by atoms with Gasteiger partial charge in [-0.25, -0.2) is 9.18 Å². The Hall–Kier alpha value is -1.62. The summed E-state index contributed by atoms with van der Waals surface area (Å²) in [6.07, 6.45) is 2.36. The molecule has 1 amide bonds. The molecule has 1 aromatic rings. The van der Waals surface area contributed by atoms with E-state index in [1.807, 2.05) is 26.8 Å². The second kappa shape index (κ2) is 7.09. The topological polar surface area (TPSA) is 50.4 Å². The molecule has 1 aliphatic rings. The highest BCUT2D eigenvalue weighted by Crippen LogP contribution is 2.31. The average Bonchev–Trinajstić information content (AvgIpc) is 2.78. The summed E-state index contributed by atoms with van der Waals surface area (Å²) in [5, 5.41) is 6.21. The lowest BCUT2D eigenvalue weighted by atomic mass is 10.1. The van der Waals surface area contributed by atoms with Crippen molar-refractivity contribution >= 4 is 6.09 Å². The van der Waals surface area contributed by atoms with Crippen LogP contribution in [0.2, 0.25) is 0 Å². The summed E-state index contributed by atoms with van der Waals surface area (Å²) < 4.78 is 18.3. The van der Waals surface area contributed by atoms with E-state index in [0.29, 0.717) is 6.54 Å². The molecular formula is C17H25FN2O2. The first kappa shape index (κ1) is 16.7. The van der Waals surface area contributed by atoms with Gasteiger partial charge in [-0.1, -0.05) is 6.07 Å². The normalized spacial score (nSPS) is 17.2. The smallest absolute Gasteiger partial charge is 0.407 e. The van der Waals surface area contributed by atoms with E-state index in [2.05, 4.69) is 10.6 Å². The Morgan fingerprint density at radius 1 is 1.36 bits per heavy atom. The number of halogens is 1. The summed E-state index contributed by atoms with van der Waals surface area (Å²) in [7, 11) is 0. The fourth-order valence-corrected chi connectivity index (χ4v) is 2.67. The molecule has 22 heavy (non-hydrogen) atoms. The van der Waals surface area contributed by atoms with Crippen molar-refractivity contribution in [2.75, 3.05) is 13.1 Å². The monoisotopic (exact) mass is 308 g/mol. The molecule has 1 aliphatic carbocycles. The molecule has 0 bridgehead atoms. The number of amides is 1. The van der Waals surface area contributed by atoms with Crippen molar-refractivity contribution in [3.8, 4) is 0 Å². The van der Waals surface area contributed by atoms with Crippen LogP contribution < -0.4 is 10.6 Å².